The molecule has 5 heteroatoms. The number of fused-ring (bicyclic) bond motifs is 1. The van der Waals surface area contributed by atoms with Gasteiger partial charge in [0.25, 0.3) is 0 Å². The summed E-state index contributed by atoms with van der Waals surface area (Å²) in [6, 6.07) is 4.38. The summed E-state index contributed by atoms with van der Waals surface area (Å²) in [6.45, 7) is 8.02. The Morgan fingerprint density at radius 2 is 1.21 bits per heavy atom. The number of hydrogen-bond acceptors (Lipinski definition) is 5. The zero-order valence-corrected chi connectivity index (χ0v) is 12.2. The molecule has 1 heterocycles. The second-order valence-electron chi connectivity index (χ2n) is 5.07. The van der Waals surface area contributed by atoms with Crippen LogP contribution in [0.15, 0.2) is 0 Å². The average Bonchev–Trinajstić information content (AvgIpc) is 2.82. The lowest BCUT2D eigenvalue weighted by Gasteiger charge is -2.15. The number of nitrogens with zero attached hydrogens (tertiary/aromatic N) is 4. The molecule has 96 valence electrons. The first-order valence-electron chi connectivity index (χ1n) is 6.15. The molecule has 0 aliphatic carbocycles. The van der Waals surface area contributed by atoms with Crippen LogP contribution in [0.5, 0.6) is 0 Å². The molecule has 4 nitrogen and oxygen atoms in total. The summed E-state index contributed by atoms with van der Waals surface area (Å²) in [7, 11) is 0. The van der Waals surface area contributed by atoms with Gasteiger partial charge in [0, 0.05) is 11.1 Å². The van der Waals surface area contributed by atoms with E-state index in [1.54, 1.807) is 0 Å². The topological polar surface area (TPSA) is 73.4 Å². The van der Waals surface area contributed by atoms with Crippen LogP contribution in [0.4, 0.5) is 0 Å². The van der Waals surface area contributed by atoms with Crippen LogP contribution in [0.2, 0.25) is 0 Å². The summed E-state index contributed by atoms with van der Waals surface area (Å²) in [6.07, 6.45) is 0. The molecule has 1 aromatic carbocycles. The Hall–Kier alpha value is -1.98. The lowest BCUT2D eigenvalue weighted by molar-refractivity contribution is 0.849. The summed E-state index contributed by atoms with van der Waals surface area (Å²) < 4.78 is 8.67. The maximum atomic E-state index is 9.44. The molecule has 19 heavy (non-hydrogen) atoms. The highest BCUT2D eigenvalue weighted by Crippen LogP contribution is 2.36. The van der Waals surface area contributed by atoms with E-state index in [1.165, 1.54) is 0 Å². The van der Waals surface area contributed by atoms with Gasteiger partial charge in [0.05, 0.1) is 22.9 Å². The van der Waals surface area contributed by atoms with Gasteiger partial charge in [0.15, 0.2) is 0 Å². The molecular weight excluding hydrogens is 256 g/mol. The van der Waals surface area contributed by atoms with Crippen LogP contribution in [0.3, 0.4) is 0 Å². The molecule has 2 rings (SSSR count). The molecule has 0 saturated carbocycles. The number of benzene rings is 1. The van der Waals surface area contributed by atoms with Gasteiger partial charge in [-0.1, -0.05) is 27.7 Å². The normalized spacial score (nSPS) is 10.9. The minimum Gasteiger partial charge on any atom is -0.192 e. The van der Waals surface area contributed by atoms with E-state index in [0.717, 1.165) is 33.9 Å². The van der Waals surface area contributed by atoms with E-state index in [4.69, 9.17) is 0 Å². The third kappa shape index (κ3) is 1.97. The second kappa shape index (κ2) is 4.95. The predicted molar refractivity (Wildman–Crippen MR) is 75.0 cm³/mol. The van der Waals surface area contributed by atoms with E-state index < -0.39 is 0 Å². The van der Waals surface area contributed by atoms with Gasteiger partial charge >= 0.3 is 0 Å². The highest BCUT2D eigenvalue weighted by molar-refractivity contribution is 7.00. The Labute approximate surface area is 116 Å². The van der Waals surface area contributed by atoms with Crippen molar-refractivity contribution < 1.29 is 0 Å². The van der Waals surface area contributed by atoms with Gasteiger partial charge in [-0.3, -0.25) is 0 Å². The van der Waals surface area contributed by atoms with Crippen molar-refractivity contribution in [3.63, 3.8) is 0 Å². The lowest BCUT2D eigenvalue weighted by atomic mass is 9.86. The highest BCUT2D eigenvalue weighted by atomic mass is 32.1. The van der Waals surface area contributed by atoms with E-state index in [9.17, 15) is 10.5 Å². The fourth-order valence-corrected chi connectivity index (χ4v) is 2.98. The number of nitriles is 2. The van der Waals surface area contributed by atoms with Crippen LogP contribution in [-0.4, -0.2) is 8.75 Å². The van der Waals surface area contributed by atoms with Crippen molar-refractivity contribution in [2.75, 3.05) is 0 Å². The van der Waals surface area contributed by atoms with Crippen LogP contribution in [0, 0.1) is 22.7 Å². The molecule has 0 atom stereocenters. The summed E-state index contributed by atoms with van der Waals surface area (Å²) in [4.78, 5) is 0. The molecule has 1 aromatic heterocycles. The largest absolute Gasteiger partial charge is 0.192 e. The third-order valence-corrected chi connectivity index (χ3v) is 3.69. The molecular formula is C14H14N4S. The van der Waals surface area contributed by atoms with E-state index in [-0.39, 0.29) is 11.8 Å². The summed E-state index contributed by atoms with van der Waals surface area (Å²) >= 11 is 1.14. The number of aromatic nitrogens is 2. The van der Waals surface area contributed by atoms with E-state index in [1.807, 2.05) is 27.7 Å². The predicted octanol–water partition coefficient (Wildman–Crippen LogP) is 3.68. The first kappa shape index (κ1) is 13.5. The summed E-state index contributed by atoms with van der Waals surface area (Å²) in [5.41, 5.74) is 4.15. The van der Waals surface area contributed by atoms with Crippen molar-refractivity contribution in [3.05, 3.63) is 22.3 Å². The fraction of sp³-hybridized carbons (Fsp3) is 0.429. The SMILES string of the molecule is CC(C)c1c(C#N)c(C#N)c(C(C)C)c2nsnc12. The van der Waals surface area contributed by atoms with E-state index in [0.29, 0.717) is 11.1 Å². The molecule has 0 radical (unpaired) electrons. The van der Waals surface area contributed by atoms with Crippen molar-refractivity contribution in [3.8, 4) is 12.1 Å². The molecule has 0 bridgehead atoms. The second-order valence-corrected chi connectivity index (χ2v) is 5.60. The Bertz CT molecular complexity index is 654. The molecule has 0 spiro atoms. The quantitative estimate of drug-likeness (QED) is 0.834. The van der Waals surface area contributed by atoms with E-state index >= 15 is 0 Å². The molecule has 0 aliphatic heterocycles. The Morgan fingerprint density at radius 3 is 1.47 bits per heavy atom. The summed E-state index contributed by atoms with van der Waals surface area (Å²) in [5, 5.41) is 18.9. The van der Waals surface area contributed by atoms with Crippen LogP contribution in [0.25, 0.3) is 11.0 Å². The van der Waals surface area contributed by atoms with Gasteiger partial charge in [-0.2, -0.15) is 19.3 Å². The minimum atomic E-state index is 0.134. The summed E-state index contributed by atoms with van der Waals surface area (Å²) in [5.74, 6) is 0.267. The van der Waals surface area contributed by atoms with Crippen LogP contribution in [-0.2, 0) is 0 Å². The van der Waals surface area contributed by atoms with E-state index in [2.05, 4.69) is 20.9 Å². The van der Waals surface area contributed by atoms with Gasteiger partial charge < -0.3 is 0 Å². The third-order valence-electron chi connectivity index (χ3n) is 3.17. The number of hydrogen-bond donors (Lipinski definition) is 0. The monoisotopic (exact) mass is 270 g/mol. The molecule has 2 aromatic rings. The Kier molecular flexibility index (Phi) is 3.50. The van der Waals surface area contributed by atoms with Gasteiger partial charge in [-0.15, -0.1) is 0 Å². The van der Waals surface area contributed by atoms with Crippen molar-refractivity contribution in [2.45, 2.75) is 39.5 Å². The van der Waals surface area contributed by atoms with Crippen LogP contribution < -0.4 is 0 Å². The Balaban J connectivity index is 3.07. The number of rotatable bonds is 2. The van der Waals surface area contributed by atoms with Gasteiger partial charge in [-0.25, -0.2) is 0 Å². The van der Waals surface area contributed by atoms with Crippen molar-refractivity contribution in [2.24, 2.45) is 0 Å². The average molecular weight is 270 g/mol. The Morgan fingerprint density at radius 1 is 0.842 bits per heavy atom. The van der Waals surface area contributed by atoms with Gasteiger partial charge in [0.2, 0.25) is 0 Å². The van der Waals surface area contributed by atoms with Crippen molar-refractivity contribution in [1.82, 2.24) is 8.75 Å². The maximum absolute atomic E-state index is 9.44. The molecule has 0 N–H and O–H groups in total. The zero-order valence-electron chi connectivity index (χ0n) is 11.4. The van der Waals surface area contributed by atoms with Crippen LogP contribution >= 0.6 is 11.7 Å². The lowest BCUT2D eigenvalue weighted by Crippen LogP contribution is -2.04. The molecule has 0 fully saturated rings. The molecule has 0 aliphatic rings. The molecule has 0 amide bonds. The first-order valence-corrected chi connectivity index (χ1v) is 6.88. The fourth-order valence-electron chi connectivity index (χ4n) is 2.40. The molecule has 0 saturated heterocycles. The van der Waals surface area contributed by atoms with Crippen molar-refractivity contribution in [1.29, 1.82) is 10.5 Å². The van der Waals surface area contributed by atoms with Crippen LogP contribution in [0.1, 0.15) is 61.8 Å². The maximum Gasteiger partial charge on any atom is 0.109 e. The standard InChI is InChI=1S/C14H14N4S/c1-7(2)11-9(5-15)10(6-16)12(8(3)4)14-13(11)17-19-18-14/h7-8H,1-4H3. The minimum absolute atomic E-state index is 0.134. The van der Waals surface area contributed by atoms with Gasteiger partial charge in [0.1, 0.15) is 23.2 Å². The molecule has 0 unspecified atom stereocenters. The van der Waals surface area contributed by atoms with Crippen molar-refractivity contribution >= 4 is 22.8 Å². The smallest absolute Gasteiger partial charge is 0.109 e. The van der Waals surface area contributed by atoms with Gasteiger partial charge in [-0.05, 0) is 11.8 Å². The first-order chi connectivity index (χ1) is 9.02. The zero-order chi connectivity index (χ0) is 14.2. The highest BCUT2D eigenvalue weighted by Gasteiger charge is 2.25.